The van der Waals surface area contributed by atoms with Crippen LogP contribution in [0.5, 0.6) is 0 Å². The summed E-state index contributed by atoms with van der Waals surface area (Å²) < 4.78 is 0. The summed E-state index contributed by atoms with van der Waals surface area (Å²) in [5.41, 5.74) is 0. The van der Waals surface area contributed by atoms with Gasteiger partial charge in [0.05, 0.1) is 0 Å². The number of hydrogen-bond acceptors (Lipinski definition) is 1. The zero-order valence-corrected chi connectivity index (χ0v) is 10.4. The summed E-state index contributed by atoms with van der Waals surface area (Å²) in [5.74, 6) is 0. The standard InChI is InChI=1S/2C5H12.C2H6O.Li.H/c2*1-3-5-4-2;1-2-3;;/h2*3-5H2,1-2H3;3H,2H2,1H3;;. The zero-order chi connectivity index (χ0) is 10.9. The van der Waals surface area contributed by atoms with Crippen LogP contribution in [0.3, 0.4) is 0 Å². The van der Waals surface area contributed by atoms with Crippen molar-refractivity contribution < 1.29 is 5.11 Å². The minimum atomic E-state index is 0. The predicted octanol–water partition coefficient (Wildman–Crippen LogP) is 3.74. The van der Waals surface area contributed by atoms with Crippen LogP contribution >= 0.6 is 0 Å². The molecule has 0 aromatic carbocycles. The van der Waals surface area contributed by atoms with E-state index in [1.54, 1.807) is 6.92 Å². The first kappa shape index (κ1) is 24.0. The molecule has 0 aliphatic heterocycles. The minimum absolute atomic E-state index is 0. The maximum absolute atomic E-state index is 7.57. The maximum atomic E-state index is 7.57. The average Bonchev–Trinajstić information content (AvgIpc) is 2.09. The number of rotatable bonds is 4. The van der Waals surface area contributed by atoms with Crippen molar-refractivity contribution in [3.8, 4) is 0 Å². The SMILES string of the molecule is CCCCC.CCCCC.CCO.[LiH]. The van der Waals surface area contributed by atoms with Gasteiger partial charge in [0, 0.05) is 6.61 Å². The van der Waals surface area contributed by atoms with Crippen LogP contribution in [0.4, 0.5) is 0 Å². The molecule has 0 radical (unpaired) electrons. The van der Waals surface area contributed by atoms with Gasteiger partial charge in [0.1, 0.15) is 0 Å². The van der Waals surface area contributed by atoms with Crippen LogP contribution in [0.2, 0.25) is 0 Å². The molecule has 0 rings (SSSR count). The van der Waals surface area contributed by atoms with Crippen molar-refractivity contribution in [3.63, 3.8) is 0 Å². The van der Waals surface area contributed by atoms with Gasteiger partial charge in [0.2, 0.25) is 0 Å². The Labute approximate surface area is 104 Å². The summed E-state index contributed by atoms with van der Waals surface area (Å²) in [6.45, 7) is 10.8. The van der Waals surface area contributed by atoms with Gasteiger partial charge < -0.3 is 5.11 Å². The van der Waals surface area contributed by atoms with Crippen molar-refractivity contribution >= 4 is 18.9 Å². The summed E-state index contributed by atoms with van der Waals surface area (Å²) in [6, 6.07) is 0. The van der Waals surface area contributed by atoms with E-state index in [-0.39, 0.29) is 25.5 Å². The number of aliphatic hydroxyl groups excluding tert-OH is 1. The molecule has 0 amide bonds. The van der Waals surface area contributed by atoms with Gasteiger partial charge in [-0.15, -0.1) is 0 Å². The molecule has 0 spiro atoms. The normalized spacial score (nSPS) is 7.29. The van der Waals surface area contributed by atoms with E-state index in [2.05, 4.69) is 27.7 Å². The van der Waals surface area contributed by atoms with Crippen LogP contribution in [-0.4, -0.2) is 30.6 Å². The van der Waals surface area contributed by atoms with E-state index in [0.29, 0.717) is 0 Å². The summed E-state index contributed by atoms with van der Waals surface area (Å²) in [5, 5.41) is 7.57. The second-order valence-corrected chi connectivity index (χ2v) is 3.02. The molecule has 0 bridgehead atoms. The average molecular weight is 198 g/mol. The predicted molar refractivity (Wildman–Crippen MR) is 70.3 cm³/mol. The molecule has 0 aliphatic carbocycles. The van der Waals surface area contributed by atoms with Crippen LogP contribution in [0.25, 0.3) is 0 Å². The molecule has 0 saturated carbocycles. The van der Waals surface area contributed by atoms with Gasteiger partial charge in [0.15, 0.2) is 0 Å². The molecular formula is C12H31LiO. The van der Waals surface area contributed by atoms with E-state index in [1.165, 1.54) is 38.5 Å². The first-order chi connectivity index (χ1) is 6.24. The quantitative estimate of drug-likeness (QED) is 0.682. The van der Waals surface area contributed by atoms with Gasteiger partial charge in [-0.05, 0) is 6.92 Å². The molecular weight excluding hydrogens is 167 g/mol. The van der Waals surface area contributed by atoms with Gasteiger partial charge in [-0.25, -0.2) is 0 Å². The molecule has 14 heavy (non-hydrogen) atoms. The van der Waals surface area contributed by atoms with Gasteiger partial charge >= 0.3 is 18.9 Å². The molecule has 2 heteroatoms. The second kappa shape index (κ2) is 37.4. The Balaban J connectivity index is -0.0000000535. The molecule has 1 nitrogen and oxygen atoms in total. The number of unbranched alkanes of at least 4 members (excludes halogenated alkanes) is 4. The molecule has 0 aliphatic rings. The third-order valence-electron chi connectivity index (χ3n) is 1.41. The Morgan fingerprint density at radius 2 is 0.786 bits per heavy atom. The number of aliphatic hydroxyl groups is 1. The fourth-order valence-corrected chi connectivity index (χ4v) is 0.707. The molecule has 0 aromatic heterocycles. The molecule has 86 valence electrons. The third-order valence-corrected chi connectivity index (χ3v) is 1.41. The van der Waals surface area contributed by atoms with E-state index in [0.717, 1.165) is 0 Å². The van der Waals surface area contributed by atoms with Crippen molar-refractivity contribution in [3.05, 3.63) is 0 Å². The molecule has 0 saturated heterocycles. The van der Waals surface area contributed by atoms with Gasteiger partial charge in [0.25, 0.3) is 0 Å². The van der Waals surface area contributed by atoms with E-state index < -0.39 is 0 Å². The molecule has 0 unspecified atom stereocenters. The van der Waals surface area contributed by atoms with Crippen molar-refractivity contribution in [1.29, 1.82) is 0 Å². The molecule has 0 atom stereocenters. The van der Waals surface area contributed by atoms with Crippen molar-refractivity contribution in [2.45, 2.75) is 73.1 Å². The van der Waals surface area contributed by atoms with Gasteiger partial charge in [-0.1, -0.05) is 66.2 Å². The van der Waals surface area contributed by atoms with Crippen LogP contribution < -0.4 is 0 Å². The van der Waals surface area contributed by atoms with E-state index in [1.807, 2.05) is 0 Å². The fraction of sp³-hybridized carbons (Fsp3) is 1.00. The molecule has 0 aromatic rings. The van der Waals surface area contributed by atoms with E-state index in [4.69, 9.17) is 5.11 Å². The Morgan fingerprint density at radius 3 is 0.786 bits per heavy atom. The van der Waals surface area contributed by atoms with Crippen molar-refractivity contribution in [2.24, 2.45) is 0 Å². The summed E-state index contributed by atoms with van der Waals surface area (Å²) in [6.07, 6.45) is 8.15. The van der Waals surface area contributed by atoms with E-state index >= 15 is 0 Å². The number of hydrogen-bond donors (Lipinski definition) is 1. The molecule has 0 heterocycles. The van der Waals surface area contributed by atoms with Crippen LogP contribution in [0, 0.1) is 0 Å². The topological polar surface area (TPSA) is 20.2 Å². The monoisotopic (exact) mass is 198 g/mol. The Kier molecular flexibility index (Phi) is 64.2. The second-order valence-electron chi connectivity index (χ2n) is 3.02. The van der Waals surface area contributed by atoms with Gasteiger partial charge in [-0.3, -0.25) is 0 Å². The third kappa shape index (κ3) is 80.8. The van der Waals surface area contributed by atoms with Gasteiger partial charge in [-0.2, -0.15) is 0 Å². The molecule has 1 N–H and O–H groups in total. The fourth-order valence-electron chi connectivity index (χ4n) is 0.707. The van der Waals surface area contributed by atoms with E-state index in [9.17, 15) is 0 Å². The summed E-state index contributed by atoms with van der Waals surface area (Å²) in [7, 11) is 0. The Morgan fingerprint density at radius 1 is 0.643 bits per heavy atom. The van der Waals surface area contributed by atoms with Crippen molar-refractivity contribution in [2.75, 3.05) is 6.61 Å². The zero-order valence-electron chi connectivity index (χ0n) is 10.4. The summed E-state index contributed by atoms with van der Waals surface area (Å²) >= 11 is 0. The molecule has 0 fully saturated rings. The summed E-state index contributed by atoms with van der Waals surface area (Å²) in [4.78, 5) is 0. The van der Waals surface area contributed by atoms with Crippen molar-refractivity contribution in [1.82, 2.24) is 0 Å². The van der Waals surface area contributed by atoms with Crippen LogP contribution in [0.15, 0.2) is 0 Å². The van der Waals surface area contributed by atoms with Crippen LogP contribution in [0.1, 0.15) is 73.1 Å². The van der Waals surface area contributed by atoms with Crippen LogP contribution in [-0.2, 0) is 0 Å². The first-order valence-electron chi connectivity index (χ1n) is 5.85. The first-order valence-corrected chi connectivity index (χ1v) is 5.85. The Hall–Kier alpha value is 0.557. The Bertz CT molecular complexity index is 39.6.